The van der Waals surface area contributed by atoms with Gasteiger partial charge in [0.15, 0.2) is 9.84 Å². The van der Waals surface area contributed by atoms with E-state index in [0.29, 0.717) is 19.5 Å². The van der Waals surface area contributed by atoms with Crippen molar-refractivity contribution in [3.63, 3.8) is 0 Å². The van der Waals surface area contributed by atoms with Crippen LogP contribution >= 0.6 is 11.3 Å². The molecule has 0 spiro atoms. The predicted molar refractivity (Wildman–Crippen MR) is 91.6 cm³/mol. The molecule has 0 aliphatic carbocycles. The number of unbranched alkanes of at least 4 members (excludes halogenated alkanes) is 1. The van der Waals surface area contributed by atoms with E-state index in [1.54, 1.807) is 14.8 Å². The van der Waals surface area contributed by atoms with Crippen molar-refractivity contribution in [2.45, 2.75) is 52.1 Å². The first-order valence-corrected chi connectivity index (χ1v) is 10.7. The number of hydrogen-bond donors (Lipinski definition) is 0. The van der Waals surface area contributed by atoms with Crippen molar-refractivity contribution in [3.05, 3.63) is 20.7 Å². The van der Waals surface area contributed by atoms with E-state index in [1.165, 1.54) is 0 Å². The zero-order valence-electron chi connectivity index (χ0n) is 13.7. The molecular weight excluding hydrogens is 336 g/mol. The molecule has 1 aliphatic rings. The first-order chi connectivity index (χ1) is 10.8. The highest BCUT2D eigenvalue weighted by Gasteiger charge is 2.34. The Morgan fingerprint density at radius 2 is 2.22 bits per heavy atom. The minimum atomic E-state index is -3.02. The van der Waals surface area contributed by atoms with Gasteiger partial charge in [-0.25, -0.2) is 8.42 Å². The highest BCUT2D eigenvalue weighted by molar-refractivity contribution is 7.91. The van der Waals surface area contributed by atoms with E-state index < -0.39 is 9.84 Å². The maximum atomic E-state index is 12.6. The van der Waals surface area contributed by atoms with Gasteiger partial charge in [-0.15, -0.1) is 0 Å². The summed E-state index contributed by atoms with van der Waals surface area (Å²) >= 11 is 1.13. The van der Waals surface area contributed by atoms with Crippen LogP contribution in [0.5, 0.6) is 0 Å². The number of sulfone groups is 1. The molecule has 0 bridgehead atoms. The van der Waals surface area contributed by atoms with Crippen molar-refractivity contribution in [2.24, 2.45) is 0 Å². The number of hydrogen-bond acceptors (Lipinski definition) is 5. The standard InChI is InChI=1S/C15H24N2O4S2/c1-3-4-7-17(13-6-9-23(20,21)11-13)14(18)5-8-16-12(2)10-22-15(16)19/h10,13H,3-9,11H2,1-2H3. The summed E-state index contributed by atoms with van der Waals surface area (Å²) in [7, 11) is -3.02. The minimum absolute atomic E-state index is 0.0566. The van der Waals surface area contributed by atoms with E-state index in [4.69, 9.17) is 0 Å². The number of carbonyl (C=O) groups is 1. The Hall–Kier alpha value is -1.15. The highest BCUT2D eigenvalue weighted by Crippen LogP contribution is 2.19. The van der Waals surface area contributed by atoms with Crippen LogP contribution in [0.25, 0.3) is 0 Å². The van der Waals surface area contributed by atoms with E-state index in [9.17, 15) is 18.0 Å². The van der Waals surface area contributed by atoms with Crippen LogP contribution < -0.4 is 4.87 Å². The Labute approximate surface area is 141 Å². The van der Waals surface area contributed by atoms with E-state index in [0.717, 1.165) is 29.9 Å². The lowest BCUT2D eigenvalue weighted by atomic mass is 10.1. The summed E-state index contributed by atoms with van der Waals surface area (Å²) < 4.78 is 25.0. The summed E-state index contributed by atoms with van der Waals surface area (Å²) in [6.07, 6.45) is 2.57. The quantitative estimate of drug-likeness (QED) is 0.737. The molecule has 8 heteroatoms. The molecule has 130 valence electrons. The molecule has 1 saturated heterocycles. The fourth-order valence-corrected chi connectivity index (χ4v) is 5.38. The molecule has 1 fully saturated rings. The molecule has 2 rings (SSSR count). The molecule has 1 unspecified atom stereocenters. The van der Waals surface area contributed by atoms with Gasteiger partial charge in [-0.3, -0.25) is 9.59 Å². The van der Waals surface area contributed by atoms with E-state index in [2.05, 4.69) is 0 Å². The Morgan fingerprint density at radius 3 is 2.74 bits per heavy atom. The number of rotatable bonds is 7. The van der Waals surface area contributed by atoms with Gasteiger partial charge in [0.2, 0.25) is 5.91 Å². The maximum Gasteiger partial charge on any atom is 0.307 e. The second-order valence-electron chi connectivity index (χ2n) is 6.04. The largest absolute Gasteiger partial charge is 0.339 e. The molecule has 0 aromatic carbocycles. The normalized spacial score (nSPS) is 19.8. The fraction of sp³-hybridized carbons (Fsp3) is 0.733. The lowest BCUT2D eigenvalue weighted by molar-refractivity contribution is -0.133. The van der Waals surface area contributed by atoms with Crippen molar-refractivity contribution in [2.75, 3.05) is 18.1 Å². The molecule has 1 aromatic rings. The Kier molecular flexibility index (Phi) is 6.02. The van der Waals surface area contributed by atoms with Gasteiger partial charge < -0.3 is 9.47 Å². The predicted octanol–water partition coefficient (Wildman–Crippen LogP) is 1.42. The van der Waals surface area contributed by atoms with Gasteiger partial charge in [0.05, 0.1) is 11.5 Å². The number of nitrogens with zero attached hydrogens (tertiary/aromatic N) is 2. The molecule has 1 aromatic heterocycles. The van der Waals surface area contributed by atoms with Crippen LogP contribution in [0.4, 0.5) is 0 Å². The van der Waals surface area contributed by atoms with Gasteiger partial charge in [-0.1, -0.05) is 24.7 Å². The molecule has 6 nitrogen and oxygen atoms in total. The second-order valence-corrected chi connectivity index (χ2v) is 9.09. The van der Waals surface area contributed by atoms with Crippen LogP contribution in [-0.2, 0) is 21.2 Å². The average Bonchev–Trinajstić information content (AvgIpc) is 3.00. The van der Waals surface area contributed by atoms with Gasteiger partial charge in [0, 0.05) is 36.6 Å². The first-order valence-electron chi connectivity index (χ1n) is 7.99. The van der Waals surface area contributed by atoms with Crippen LogP contribution in [0.1, 0.15) is 38.3 Å². The lowest BCUT2D eigenvalue weighted by Crippen LogP contribution is -2.42. The average molecular weight is 361 g/mol. The molecule has 1 atom stereocenters. The van der Waals surface area contributed by atoms with Gasteiger partial charge >= 0.3 is 4.87 Å². The number of thiazole rings is 1. The van der Waals surface area contributed by atoms with E-state index >= 15 is 0 Å². The smallest absolute Gasteiger partial charge is 0.307 e. The van der Waals surface area contributed by atoms with Gasteiger partial charge in [0.25, 0.3) is 0 Å². The molecular formula is C15H24N2O4S2. The summed E-state index contributed by atoms with van der Waals surface area (Å²) in [4.78, 5) is 26.0. The molecule has 1 amide bonds. The summed E-state index contributed by atoms with van der Waals surface area (Å²) in [6.45, 7) is 4.84. The number of aromatic nitrogens is 1. The van der Waals surface area contributed by atoms with Gasteiger partial charge in [-0.05, 0) is 19.8 Å². The monoisotopic (exact) mass is 360 g/mol. The topological polar surface area (TPSA) is 76.5 Å². The van der Waals surface area contributed by atoms with E-state index in [1.807, 2.05) is 13.8 Å². The second kappa shape index (κ2) is 7.61. The van der Waals surface area contributed by atoms with E-state index in [-0.39, 0.29) is 34.7 Å². The number of aryl methyl sites for hydroxylation is 1. The van der Waals surface area contributed by atoms with Crippen molar-refractivity contribution in [1.82, 2.24) is 9.47 Å². The van der Waals surface area contributed by atoms with Crippen LogP contribution in [0.15, 0.2) is 10.2 Å². The van der Waals surface area contributed by atoms with Gasteiger partial charge in [0.1, 0.15) is 0 Å². The summed E-state index contributed by atoms with van der Waals surface area (Å²) in [5, 5.41) is 1.78. The highest BCUT2D eigenvalue weighted by atomic mass is 32.2. The Morgan fingerprint density at radius 1 is 1.48 bits per heavy atom. The third-order valence-electron chi connectivity index (χ3n) is 4.25. The Balaban J connectivity index is 2.03. The Bertz CT molecular complexity index is 705. The summed E-state index contributed by atoms with van der Waals surface area (Å²) in [5.41, 5.74) is 0.858. The van der Waals surface area contributed by atoms with Crippen LogP contribution in [0.3, 0.4) is 0 Å². The molecule has 23 heavy (non-hydrogen) atoms. The third kappa shape index (κ3) is 4.67. The maximum absolute atomic E-state index is 12.6. The zero-order valence-corrected chi connectivity index (χ0v) is 15.3. The number of amides is 1. The molecule has 0 radical (unpaired) electrons. The minimum Gasteiger partial charge on any atom is -0.339 e. The van der Waals surface area contributed by atoms with Crippen molar-refractivity contribution in [1.29, 1.82) is 0 Å². The van der Waals surface area contributed by atoms with Crippen molar-refractivity contribution >= 4 is 27.1 Å². The van der Waals surface area contributed by atoms with Crippen LogP contribution in [0, 0.1) is 6.92 Å². The van der Waals surface area contributed by atoms with Crippen molar-refractivity contribution in [3.8, 4) is 0 Å². The van der Waals surface area contributed by atoms with Gasteiger partial charge in [-0.2, -0.15) is 0 Å². The lowest BCUT2D eigenvalue weighted by Gasteiger charge is -2.28. The summed E-state index contributed by atoms with van der Waals surface area (Å²) in [5.74, 6) is 0.175. The third-order valence-corrected chi connectivity index (χ3v) is 6.88. The SMILES string of the molecule is CCCCN(C(=O)CCn1c(C)csc1=O)C1CCS(=O)(=O)C1. The van der Waals surface area contributed by atoms with Crippen molar-refractivity contribution < 1.29 is 13.2 Å². The molecule has 0 N–H and O–H groups in total. The summed E-state index contributed by atoms with van der Waals surface area (Å²) in [6, 6.07) is -0.209. The fourth-order valence-electron chi connectivity index (χ4n) is 2.89. The van der Waals surface area contributed by atoms with Crippen LogP contribution in [0.2, 0.25) is 0 Å². The first kappa shape index (κ1) is 18.2. The van der Waals surface area contributed by atoms with Crippen LogP contribution in [-0.4, -0.2) is 47.9 Å². The molecule has 0 saturated carbocycles. The molecule has 2 heterocycles. The molecule has 1 aliphatic heterocycles. The zero-order chi connectivity index (χ0) is 17.0. The number of carbonyl (C=O) groups excluding carboxylic acids is 1.